The van der Waals surface area contributed by atoms with Gasteiger partial charge in [-0.05, 0) is 37.3 Å². The van der Waals surface area contributed by atoms with Gasteiger partial charge in [0.05, 0.1) is 30.5 Å². The number of rotatable bonds is 7. The molecule has 2 aromatic carbocycles. The Morgan fingerprint density at radius 2 is 1.86 bits per heavy atom. The van der Waals surface area contributed by atoms with Gasteiger partial charge in [-0.25, -0.2) is 0 Å². The highest BCUT2D eigenvalue weighted by Gasteiger charge is 2.19. The zero-order valence-electron chi connectivity index (χ0n) is 16.2. The van der Waals surface area contributed by atoms with Gasteiger partial charge in [0.15, 0.2) is 18.1 Å². The van der Waals surface area contributed by atoms with Crippen LogP contribution in [0.2, 0.25) is 5.02 Å². The highest BCUT2D eigenvalue weighted by Crippen LogP contribution is 2.29. The van der Waals surface area contributed by atoms with Crippen LogP contribution in [0.25, 0.3) is 0 Å². The molecule has 1 heterocycles. The van der Waals surface area contributed by atoms with E-state index in [0.29, 0.717) is 60.7 Å². The summed E-state index contributed by atoms with van der Waals surface area (Å²) in [6.07, 6.45) is 0. The van der Waals surface area contributed by atoms with Crippen molar-refractivity contribution in [2.75, 3.05) is 44.8 Å². The van der Waals surface area contributed by atoms with Crippen molar-refractivity contribution in [1.29, 1.82) is 0 Å². The molecule has 1 N–H and O–H groups in total. The molecule has 8 heteroatoms. The fraction of sp³-hybridized carbons (Fsp3) is 0.333. The molecule has 0 unspecified atom stereocenters. The number of nitrogens with zero attached hydrogens (tertiary/aromatic N) is 1. The second-order valence-electron chi connectivity index (χ2n) is 6.31. The van der Waals surface area contributed by atoms with Crippen LogP contribution in [-0.4, -0.2) is 56.2 Å². The third kappa shape index (κ3) is 5.62. The minimum Gasteiger partial charge on any atom is -0.490 e. The monoisotopic (exact) mass is 418 g/mol. The van der Waals surface area contributed by atoms with Gasteiger partial charge < -0.3 is 24.4 Å². The number of ether oxygens (including phenoxy) is 3. The van der Waals surface area contributed by atoms with E-state index < -0.39 is 0 Å². The lowest BCUT2D eigenvalue weighted by Gasteiger charge is -2.26. The van der Waals surface area contributed by atoms with E-state index in [1.165, 1.54) is 0 Å². The number of amides is 2. The molecule has 1 aliphatic heterocycles. The lowest BCUT2D eigenvalue weighted by Crippen LogP contribution is -2.43. The van der Waals surface area contributed by atoms with E-state index in [0.717, 1.165) is 0 Å². The molecular weight excluding hydrogens is 396 g/mol. The average Bonchev–Trinajstić information content (AvgIpc) is 2.75. The summed E-state index contributed by atoms with van der Waals surface area (Å²) in [6.45, 7) is 4.30. The number of para-hydroxylation sites is 1. The maximum Gasteiger partial charge on any atom is 0.260 e. The van der Waals surface area contributed by atoms with Crippen LogP contribution in [0.4, 0.5) is 5.69 Å². The predicted molar refractivity (Wildman–Crippen MR) is 110 cm³/mol. The Hall–Kier alpha value is -2.77. The molecule has 0 aromatic heterocycles. The van der Waals surface area contributed by atoms with Crippen LogP contribution in [0.15, 0.2) is 42.5 Å². The molecule has 0 spiro atoms. The summed E-state index contributed by atoms with van der Waals surface area (Å²) in [5.74, 6) is 0.364. The molecule has 1 fully saturated rings. The fourth-order valence-corrected chi connectivity index (χ4v) is 3.02. The highest BCUT2D eigenvalue weighted by molar-refractivity contribution is 6.33. The standard InChI is InChI=1S/C21H23ClN2O5/c1-2-28-19-13-15(21(26)23-17-6-4-3-5-16(17)22)7-8-18(19)29-14-20(25)24-9-11-27-12-10-24/h3-8,13H,2,9-12,14H2,1H3,(H,23,26). The third-order valence-corrected chi connectivity index (χ3v) is 4.67. The smallest absolute Gasteiger partial charge is 0.260 e. The van der Waals surface area contributed by atoms with Crippen molar-refractivity contribution in [3.8, 4) is 11.5 Å². The van der Waals surface area contributed by atoms with Gasteiger partial charge in [0, 0.05) is 18.7 Å². The van der Waals surface area contributed by atoms with Gasteiger partial charge in [0.1, 0.15) is 0 Å². The number of halogens is 1. The van der Waals surface area contributed by atoms with Gasteiger partial charge in [-0.15, -0.1) is 0 Å². The lowest BCUT2D eigenvalue weighted by atomic mass is 10.1. The molecule has 0 radical (unpaired) electrons. The number of hydrogen-bond donors (Lipinski definition) is 1. The number of nitrogens with one attached hydrogen (secondary N) is 1. The summed E-state index contributed by atoms with van der Waals surface area (Å²) >= 11 is 6.09. The van der Waals surface area contributed by atoms with Gasteiger partial charge in [-0.2, -0.15) is 0 Å². The van der Waals surface area contributed by atoms with E-state index in [9.17, 15) is 9.59 Å². The van der Waals surface area contributed by atoms with E-state index in [1.807, 2.05) is 6.92 Å². The van der Waals surface area contributed by atoms with Crippen molar-refractivity contribution < 1.29 is 23.8 Å². The van der Waals surface area contributed by atoms with Gasteiger partial charge >= 0.3 is 0 Å². The van der Waals surface area contributed by atoms with Crippen LogP contribution in [-0.2, 0) is 9.53 Å². The van der Waals surface area contributed by atoms with Gasteiger partial charge in [0.25, 0.3) is 11.8 Å². The SMILES string of the molecule is CCOc1cc(C(=O)Nc2ccccc2Cl)ccc1OCC(=O)N1CCOCC1. The minimum atomic E-state index is -0.324. The van der Waals surface area contributed by atoms with E-state index in [-0.39, 0.29) is 18.4 Å². The van der Waals surface area contributed by atoms with Gasteiger partial charge in [-0.1, -0.05) is 23.7 Å². The van der Waals surface area contributed by atoms with E-state index in [4.69, 9.17) is 25.8 Å². The van der Waals surface area contributed by atoms with Crippen LogP contribution >= 0.6 is 11.6 Å². The molecule has 1 aliphatic rings. The van der Waals surface area contributed by atoms with Crippen LogP contribution < -0.4 is 14.8 Å². The number of carbonyl (C=O) groups excluding carboxylic acids is 2. The quantitative estimate of drug-likeness (QED) is 0.747. The first-order valence-corrected chi connectivity index (χ1v) is 9.77. The lowest BCUT2D eigenvalue weighted by molar-refractivity contribution is -0.137. The van der Waals surface area contributed by atoms with E-state index in [2.05, 4.69) is 5.32 Å². The molecular formula is C21H23ClN2O5. The van der Waals surface area contributed by atoms with E-state index in [1.54, 1.807) is 47.4 Å². The Balaban J connectivity index is 1.68. The topological polar surface area (TPSA) is 77.1 Å². The summed E-state index contributed by atoms with van der Waals surface area (Å²) in [6, 6.07) is 11.8. The first-order valence-electron chi connectivity index (χ1n) is 9.39. The molecule has 1 saturated heterocycles. The Bertz CT molecular complexity index is 868. The van der Waals surface area contributed by atoms with Crippen LogP contribution in [0.3, 0.4) is 0 Å². The second kappa shape index (κ2) is 10.1. The van der Waals surface area contributed by atoms with E-state index >= 15 is 0 Å². The Labute approximate surface area is 174 Å². The summed E-state index contributed by atoms with van der Waals surface area (Å²) in [7, 11) is 0. The highest BCUT2D eigenvalue weighted by atomic mass is 35.5. The number of morpholine rings is 1. The molecule has 0 atom stereocenters. The van der Waals surface area contributed by atoms with Crippen molar-refractivity contribution in [3.63, 3.8) is 0 Å². The molecule has 0 bridgehead atoms. The Morgan fingerprint density at radius 3 is 2.59 bits per heavy atom. The van der Waals surface area contributed by atoms with Gasteiger partial charge in [-0.3, -0.25) is 9.59 Å². The normalized spacial score (nSPS) is 13.7. The molecule has 154 valence electrons. The second-order valence-corrected chi connectivity index (χ2v) is 6.72. The van der Waals surface area contributed by atoms with Crippen molar-refractivity contribution in [1.82, 2.24) is 4.90 Å². The summed E-state index contributed by atoms with van der Waals surface area (Å²) in [4.78, 5) is 26.6. The minimum absolute atomic E-state index is 0.106. The summed E-state index contributed by atoms with van der Waals surface area (Å²) in [5.41, 5.74) is 0.911. The number of carbonyl (C=O) groups is 2. The molecule has 0 aliphatic carbocycles. The maximum atomic E-state index is 12.6. The van der Waals surface area contributed by atoms with Crippen molar-refractivity contribution in [2.45, 2.75) is 6.92 Å². The van der Waals surface area contributed by atoms with Crippen LogP contribution in [0.1, 0.15) is 17.3 Å². The molecule has 3 rings (SSSR count). The summed E-state index contributed by atoms with van der Waals surface area (Å²) < 4.78 is 16.5. The fourth-order valence-electron chi connectivity index (χ4n) is 2.84. The Kier molecular flexibility index (Phi) is 7.32. The number of benzene rings is 2. The number of anilines is 1. The molecule has 7 nitrogen and oxygen atoms in total. The molecule has 2 amide bonds. The zero-order valence-corrected chi connectivity index (χ0v) is 16.9. The zero-order chi connectivity index (χ0) is 20.6. The van der Waals surface area contributed by atoms with Crippen molar-refractivity contribution >= 4 is 29.1 Å². The maximum absolute atomic E-state index is 12.6. The largest absolute Gasteiger partial charge is 0.490 e. The number of hydrogen-bond acceptors (Lipinski definition) is 5. The first-order chi connectivity index (χ1) is 14.1. The van der Waals surface area contributed by atoms with Crippen LogP contribution in [0, 0.1) is 0 Å². The summed E-state index contributed by atoms with van der Waals surface area (Å²) in [5, 5.41) is 3.22. The molecule has 29 heavy (non-hydrogen) atoms. The van der Waals surface area contributed by atoms with Crippen LogP contribution in [0.5, 0.6) is 11.5 Å². The van der Waals surface area contributed by atoms with Gasteiger partial charge in [0.2, 0.25) is 0 Å². The Morgan fingerprint density at radius 1 is 1.10 bits per heavy atom. The molecule has 2 aromatic rings. The predicted octanol–water partition coefficient (Wildman–Crippen LogP) is 3.23. The molecule has 0 saturated carbocycles. The third-order valence-electron chi connectivity index (χ3n) is 4.34. The van der Waals surface area contributed by atoms with Crippen molar-refractivity contribution in [2.24, 2.45) is 0 Å². The van der Waals surface area contributed by atoms with Crippen molar-refractivity contribution in [3.05, 3.63) is 53.1 Å². The average molecular weight is 419 g/mol. The first kappa shape index (κ1) is 21.0.